The van der Waals surface area contributed by atoms with Gasteiger partial charge < -0.3 is 0 Å². The van der Waals surface area contributed by atoms with E-state index in [0.717, 1.165) is 5.75 Å². The Morgan fingerprint density at radius 3 is 3.09 bits per heavy atom. The molecule has 0 bridgehead atoms. The average Bonchev–Trinajstić information content (AvgIpc) is 2.39. The van der Waals surface area contributed by atoms with Crippen LogP contribution >= 0.6 is 34.7 Å². The van der Waals surface area contributed by atoms with E-state index in [1.165, 1.54) is 4.21 Å². The van der Waals surface area contributed by atoms with Crippen molar-refractivity contribution in [2.75, 3.05) is 5.75 Å². The summed E-state index contributed by atoms with van der Waals surface area (Å²) >= 11 is 8.52. The lowest BCUT2D eigenvalue weighted by molar-refractivity contribution is -0.111. The zero-order valence-electron chi connectivity index (χ0n) is 5.75. The molecule has 1 nitrogen and oxygen atoms in total. The van der Waals surface area contributed by atoms with Gasteiger partial charge in [0.2, 0.25) is 5.24 Å². The van der Waals surface area contributed by atoms with Crippen LogP contribution in [-0.4, -0.2) is 11.0 Å². The van der Waals surface area contributed by atoms with Gasteiger partial charge in [0.15, 0.2) is 0 Å². The summed E-state index contributed by atoms with van der Waals surface area (Å²) in [5, 5.41) is 1.76. The molecule has 4 heteroatoms. The molecule has 11 heavy (non-hydrogen) atoms. The Morgan fingerprint density at radius 1 is 1.73 bits per heavy atom. The van der Waals surface area contributed by atoms with Crippen LogP contribution in [0, 0.1) is 0 Å². The predicted octanol–water partition coefficient (Wildman–Crippen LogP) is 3.00. The third-order valence-electron chi connectivity index (χ3n) is 1.04. The molecule has 0 atom stereocenters. The third kappa shape index (κ3) is 3.79. The summed E-state index contributed by atoms with van der Waals surface area (Å²) in [6, 6.07) is 4.03. The van der Waals surface area contributed by atoms with Gasteiger partial charge in [-0.2, -0.15) is 0 Å². The van der Waals surface area contributed by atoms with Crippen LogP contribution < -0.4 is 0 Å². The normalized spacial score (nSPS) is 9.91. The monoisotopic (exact) mass is 206 g/mol. The van der Waals surface area contributed by atoms with Crippen molar-refractivity contribution in [1.82, 2.24) is 0 Å². The van der Waals surface area contributed by atoms with E-state index in [1.54, 1.807) is 23.1 Å². The van der Waals surface area contributed by atoms with E-state index in [4.69, 9.17) is 11.6 Å². The number of rotatable bonds is 4. The summed E-state index contributed by atoms with van der Waals surface area (Å²) in [6.45, 7) is 0. The van der Waals surface area contributed by atoms with Gasteiger partial charge in [0.25, 0.3) is 0 Å². The molecule has 1 aromatic heterocycles. The zero-order valence-corrected chi connectivity index (χ0v) is 8.14. The first kappa shape index (κ1) is 9.10. The quantitative estimate of drug-likeness (QED) is 0.557. The topological polar surface area (TPSA) is 17.1 Å². The van der Waals surface area contributed by atoms with Crippen molar-refractivity contribution in [2.45, 2.75) is 10.6 Å². The summed E-state index contributed by atoms with van der Waals surface area (Å²) in [4.78, 5) is 10.3. The standard InChI is InChI=1S/C7H7ClOS2/c8-6(9)3-5-11-7-2-1-4-10-7/h1-2,4H,3,5H2. The predicted molar refractivity (Wildman–Crippen MR) is 50.5 cm³/mol. The molecule has 0 unspecified atom stereocenters. The lowest BCUT2D eigenvalue weighted by Gasteiger charge is -1.92. The maximum absolute atomic E-state index is 10.3. The van der Waals surface area contributed by atoms with Gasteiger partial charge in [-0.25, -0.2) is 0 Å². The minimum Gasteiger partial charge on any atom is -0.281 e. The molecule has 0 amide bonds. The second kappa shape index (κ2) is 4.80. The van der Waals surface area contributed by atoms with Crippen LogP contribution in [0.1, 0.15) is 6.42 Å². The Balaban J connectivity index is 2.19. The maximum atomic E-state index is 10.3. The van der Waals surface area contributed by atoms with Crippen molar-refractivity contribution >= 4 is 39.9 Å². The molecule has 0 aliphatic heterocycles. The van der Waals surface area contributed by atoms with Gasteiger partial charge >= 0.3 is 0 Å². The van der Waals surface area contributed by atoms with Gasteiger partial charge in [-0.3, -0.25) is 4.79 Å². The fourth-order valence-corrected chi connectivity index (χ4v) is 2.58. The van der Waals surface area contributed by atoms with E-state index >= 15 is 0 Å². The summed E-state index contributed by atoms with van der Waals surface area (Å²) in [6.07, 6.45) is 0.449. The molecule has 0 aromatic carbocycles. The van der Waals surface area contributed by atoms with Crippen molar-refractivity contribution in [3.8, 4) is 0 Å². The van der Waals surface area contributed by atoms with Crippen LogP contribution in [0.2, 0.25) is 0 Å². The molecule has 60 valence electrons. The number of thioether (sulfide) groups is 1. The molecule has 0 saturated carbocycles. The molecule has 0 radical (unpaired) electrons. The molecule has 0 N–H and O–H groups in total. The van der Waals surface area contributed by atoms with Crippen molar-refractivity contribution < 1.29 is 4.79 Å². The van der Waals surface area contributed by atoms with E-state index in [9.17, 15) is 4.79 Å². The summed E-state index contributed by atoms with van der Waals surface area (Å²) in [5.41, 5.74) is 0. The largest absolute Gasteiger partial charge is 0.281 e. The number of carbonyl (C=O) groups excluding carboxylic acids is 1. The summed E-state index contributed by atoms with van der Waals surface area (Å²) in [5.74, 6) is 0.781. The van der Waals surface area contributed by atoms with Crippen LogP contribution in [0.3, 0.4) is 0 Å². The van der Waals surface area contributed by atoms with Gasteiger partial charge in [0.1, 0.15) is 0 Å². The Hall–Kier alpha value is 0.01000. The Morgan fingerprint density at radius 2 is 2.55 bits per heavy atom. The van der Waals surface area contributed by atoms with Crippen molar-refractivity contribution in [3.05, 3.63) is 17.5 Å². The van der Waals surface area contributed by atoms with E-state index in [-0.39, 0.29) is 5.24 Å². The number of thiophene rings is 1. The average molecular weight is 207 g/mol. The smallest absolute Gasteiger partial charge is 0.222 e. The van der Waals surface area contributed by atoms with Crippen molar-refractivity contribution in [1.29, 1.82) is 0 Å². The molecule has 0 aliphatic rings. The van der Waals surface area contributed by atoms with Gasteiger partial charge in [-0.15, -0.1) is 23.1 Å². The minimum absolute atomic E-state index is 0.256. The van der Waals surface area contributed by atoms with E-state index in [2.05, 4.69) is 0 Å². The summed E-state index contributed by atoms with van der Waals surface area (Å²) in [7, 11) is 0. The molecule has 1 heterocycles. The highest BCUT2D eigenvalue weighted by Crippen LogP contribution is 2.23. The third-order valence-corrected chi connectivity index (χ3v) is 3.36. The van der Waals surface area contributed by atoms with Crippen LogP contribution in [0.15, 0.2) is 21.7 Å². The van der Waals surface area contributed by atoms with E-state index in [0.29, 0.717) is 6.42 Å². The fourth-order valence-electron chi connectivity index (χ4n) is 0.577. The molecular weight excluding hydrogens is 200 g/mol. The second-order valence-corrected chi connectivity index (χ2v) is 4.65. The highest BCUT2D eigenvalue weighted by atomic mass is 35.5. The lowest BCUT2D eigenvalue weighted by atomic mass is 10.6. The summed E-state index contributed by atoms with van der Waals surface area (Å²) < 4.78 is 1.24. The molecular formula is C7H7ClOS2. The van der Waals surface area contributed by atoms with E-state index in [1.807, 2.05) is 17.5 Å². The second-order valence-electron chi connectivity index (χ2n) is 1.89. The van der Waals surface area contributed by atoms with Gasteiger partial charge in [0.05, 0.1) is 4.21 Å². The Labute approximate surface area is 78.8 Å². The number of hydrogen-bond acceptors (Lipinski definition) is 3. The van der Waals surface area contributed by atoms with Crippen LogP contribution in [0.25, 0.3) is 0 Å². The SMILES string of the molecule is O=C(Cl)CCSc1cccs1. The molecule has 0 fully saturated rings. The first-order valence-corrected chi connectivity index (χ1v) is 5.38. The number of halogens is 1. The fraction of sp³-hybridized carbons (Fsp3) is 0.286. The van der Waals surface area contributed by atoms with Gasteiger partial charge in [-0.1, -0.05) is 6.07 Å². The Kier molecular flexibility index (Phi) is 3.97. The van der Waals surface area contributed by atoms with Gasteiger partial charge in [-0.05, 0) is 23.0 Å². The minimum atomic E-state index is -0.256. The van der Waals surface area contributed by atoms with E-state index < -0.39 is 0 Å². The van der Waals surface area contributed by atoms with Crippen molar-refractivity contribution in [3.63, 3.8) is 0 Å². The Bertz CT molecular complexity index is 220. The number of carbonyl (C=O) groups is 1. The first-order chi connectivity index (χ1) is 5.29. The zero-order chi connectivity index (χ0) is 8.10. The molecule has 0 aliphatic carbocycles. The molecule has 1 aromatic rings. The van der Waals surface area contributed by atoms with Crippen LogP contribution in [-0.2, 0) is 4.79 Å². The highest BCUT2D eigenvalue weighted by Gasteiger charge is 1.97. The molecule has 1 rings (SSSR count). The highest BCUT2D eigenvalue weighted by molar-refractivity contribution is 8.01. The molecule has 0 spiro atoms. The van der Waals surface area contributed by atoms with Crippen LogP contribution in [0.4, 0.5) is 0 Å². The lowest BCUT2D eigenvalue weighted by Crippen LogP contribution is -1.87. The van der Waals surface area contributed by atoms with Gasteiger partial charge in [0, 0.05) is 12.2 Å². The van der Waals surface area contributed by atoms with Crippen molar-refractivity contribution in [2.24, 2.45) is 0 Å². The first-order valence-electron chi connectivity index (χ1n) is 3.13. The number of hydrogen-bond donors (Lipinski definition) is 0. The molecule has 0 saturated heterocycles. The maximum Gasteiger partial charge on any atom is 0.222 e. The van der Waals surface area contributed by atoms with Crippen LogP contribution in [0.5, 0.6) is 0 Å².